The van der Waals surface area contributed by atoms with Crippen molar-refractivity contribution in [2.45, 2.75) is 22.5 Å². The third kappa shape index (κ3) is 2.18. The molecule has 1 aliphatic carbocycles. The van der Waals surface area contributed by atoms with Crippen LogP contribution in [0.5, 0.6) is 0 Å². The number of thioether (sulfide) groups is 1. The van der Waals surface area contributed by atoms with Crippen LogP contribution in [0.15, 0.2) is 11.1 Å². The Morgan fingerprint density at radius 3 is 2.81 bits per heavy atom. The van der Waals surface area contributed by atoms with Crippen LogP contribution in [0.1, 0.15) is 12.8 Å². The van der Waals surface area contributed by atoms with Crippen LogP contribution in [0.3, 0.4) is 0 Å². The van der Waals surface area contributed by atoms with Crippen molar-refractivity contribution in [2.24, 2.45) is 0 Å². The summed E-state index contributed by atoms with van der Waals surface area (Å²) < 4.78 is 26.3. The minimum absolute atomic E-state index is 0.0180. The summed E-state index contributed by atoms with van der Waals surface area (Å²) in [5.74, 6) is 0.0708. The maximum absolute atomic E-state index is 11.8. The molecule has 1 aromatic rings. The second kappa shape index (κ2) is 3.94. The Morgan fingerprint density at radius 1 is 1.69 bits per heavy atom. The van der Waals surface area contributed by atoms with Crippen LogP contribution in [0.2, 0.25) is 0 Å². The summed E-state index contributed by atoms with van der Waals surface area (Å²) in [5, 5.41) is 6.00. The first-order valence-corrected chi connectivity index (χ1v) is 7.54. The molecule has 1 saturated carbocycles. The van der Waals surface area contributed by atoms with Crippen molar-refractivity contribution in [1.82, 2.24) is 14.9 Å². The van der Waals surface area contributed by atoms with E-state index in [1.54, 1.807) is 11.8 Å². The van der Waals surface area contributed by atoms with Gasteiger partial charge >= 0.3 is 0 Å². The van der Waals surface area contributed by atoms with E-state index in [1.165, 1.54) is 6.20 Å². The number of sulfonamides is 1. The third-order valence-electron chi connectivity index (χ3n) is 2.75. The standard InChI is InChI=1S/C8H14N4O2S2/c1-15-8(2-3-8)5-11-16(13,14)6-4-10-12-7(6)9/h4,11H,2-3,5H2,1H3,(H3,9,10,12). The van der Waals surface area contributed by atoms with Gasteiger partial charge in [0.15, 0.2) is 0 Å². The first-order valence-electron chi connectivity index (χ1n) is 4.83. The molecule has 16 heavy (non-hydrogen) atoms. The van der Waals surface area contributed by atoms with Gasteiger partial charge in [0.2, 0.25) is 10.0 Å². The maximum atomic E-state index is 11.8. The highest BCUT2D eigenvalue weighted by Gasteiger charge is 2.42. The summed E-state index contributed by atoms with van der Waals surface area (Å²) >= 11 is 1.70. The summed E-state index contributed by atoms with van der Waals surface area (Å²) in [6, 6.07) is 0. The van der Waals surface area contributed by atoms with Crippen LogP contribution < -0.4 is 10.5 Å². The van der Waals surface area contributed by atoms with Gasteiger partial charge in [-0.15, -0.1) is 0 Å². The van der Waals surface area contributed by atoms with Crippen molar-refractivity contribution in [1.29, 1.82) is 0 Å². The molecule has 8 heteroatoms. The average Bonchev–Trinajstić information content (AvgIpc) is 2.91. The van der Waals surface area contributed by atoms with Crippen LogP contribution in [0.4, 0.5) is 5.82 Å². The van der Waals surface area contributed by atoms with E-state index in [4.69, 9.17) is 5.73 Å². The van der Waals surface area contributed by atoms with Gasteiger partial charge in [0.05, 0.1) is 6.20 Å². The van der Waals surface area contributed by atoms with E-state index in [-0.39, 0.29) is 15.5 Å². The number of aromatic nitrogens is 2. The predicted molar refractivity (Wildman–Crippen MR) is 63.7 cm³/mol. The minimum Gasteiger partial charge on any atom is -0.383 e. The first kappa shape index (κ1) is 11.7. The van der Waals surface area contributed by atoms with E-state index in [9.17, 15) is 8.42 Å². The van der Waals surface area contributed by atoms with Gasteiger partial charge in [-0.05, 0) is 19.1 Å². The molecule has 0 aliphatic heterocycles. The van der Waals surface area contributed by atoms with E-state index in [1.807, 2.05) is 6.26 Å². The molecule has 0 bridgehead atoms. The van der Waals surface area contributed by atoms with Crippen molar-refractivity contribution < 1.29 is 8.42 Å². The Bertz CT molecular complexity index is 478. The van der Waals surface area contributed by atoms with Crippen LogP contribution in [-0.2, 0) is 10.0 Å². The predicted octanol–water partition coefficient (Wildman–Crippen LogP) is 0.166. The quantitative estimate of drug-likeness (QED) is 0.702. The lowest BCUT2D eigenvalue weighted by atomic mass is 10.4. The summed E-state index contributed by atoms with van der Waals surface area (Å²) in [6.07, 6.45) is 5.32. The Kier molecular flexibility index (Phi) is 2.89. The Morgan fingerprint density at radius 2 is 2.38 bits per heavy atom. The Hall–Kier alpha value is -0.730. The van der Waals surface area contributed by atoms with Gasteiger partial charge < -0.3 is 5.73 Å². The number of hydrogen-bond donors (Lipinski definition) is 3. The zero-order chi connectivity index (χ0) is 11.8. The molecule has 0 unspecified atom stereocenters. The van der Waals surface area contributed by atoms with Gasteiger partial charge in [0, 0.05) is 11.3 Å². The molecule has 0 amide bonds. The molecule has 0 spiro atoms. The Labute approximate surface area is 98.4 Å². The Balaban J connectivity index is 2.07. The SMILES string of the molecule is CSC1(CNS(=O)(=O)c2cn[nH]c2N)CC1. The van der Waals surface area contributed by atoms with Gasteiger partial charge in [-0.25, -0.2) is 13.1 Å². The molecule has 90 valence electrons. The van der Waals surface area contributed by atoms with E-state index in [0.717, 1.165) is 12.8 Å². The van der Waals surface area contributed by atoms with E-state index in [2.05, 4.69) is 14.9 Å². The van der Waals surface area contributed by atoms with E-state index in [0.29, 0.717) is 6.54 Å². The monoisotopic (exact) mass is 262 g/mol. The van der Waals surface area contributed by atoms with Crippen LogP contribution >= 0.6 is 11.8 Å². The normalized spacial score (nSPS) is 18.6. The topological polar surface area (TPSA) is 101 Å². The zero-order valence-electron chi connectivity index (χ0n) is 8.86. The molecule has 1 fully saturated rings. The number of nitrogens with one attached hydrogen (secondary N) is 2. The van der Waals surface area contributed by atoms with Gasteiger partial charge in [0.25, 0.3) is 0 Å². The lowest BCUT2D eigenvalue weighted by Crippen LogP contribution is -2.31. The smallest absolute Gasteiger partial charge is 0.245 e. The summed E-state index contributed by atoms with van der Waals surface area (Å²) in [5.41, 5.74) is 5.47. The largest absolute Gasteiger partial charge is 0.383 e. The van der Waals surface area contributed by atoms with Crippen LogP contribution in [0, 0.1) is 0 Å². The molecular weight excluding hydrogens is 248 g/mol. The molecule has 0 radical (unpaired) electrons. The second-order valence-electron chi connectivity index (χ2n) is 3.86. The number of hydrogen-bond acceptors (Lipinski definition) is 5. The number of nitrogen functional groups attached to an aromatic ring is 1. The highest BCUT2D eigenvalue weighted by Crippen LogP contribution is 2.46. The highest BCUT2D eigenvalue weighted by molar-refractivity contribution is 8.00. The third-order valence-corrected chi connectivity index (χ3v) is 5.59. The van der Waals surface area contributed by atoms with E-state index >= 15 is 0 Å². The average molecular weight is 262 g/mol. The molecule has 0 atom stereocenters. The fourth-order valence-electron chi connectivity index (χ4n) is 1.40. The van der Waals surface area contributed by atoms with Gasteiger partial charge in [0.1, 0.15) is 10.7 Å². The molecule has 0 saturated heterocycles. The molecule has 6 nitrogen and oxygen atoms in total. The fourth-order valence-corrected chi connectivity index (χ4v) is 3.36. The maximum Gasteiger partial charge on any atom is 0.245 e. The minimum atomic E-state index is -3.53. The number of nitrogens with zero attached hydrogens (tertiary/aromatic N) is 1. The zero-order valence-corrected chi connectivity index (χ0v) is 10.5. The summed E-state index contributed by atoms with van der Waals surface area (Å²) in [6.45, 7) is 0.446. The van der Waals surface area contributed by atoms with Crippen molar-refractivity contribution in [3.05, 3.63) is 6.20 Å². The number of nitrogens with two attached hydrogens (primary N) is 1. The second-order valence-corrected chi connectivity index (χ2v) is 6.87. The molecule has 1 aliphatic rings. The van der Waals surface area contributed by atoms with Gasteiger partial charge in [-0.3, -0.25) is 5.10 Å². The summed E-state index contributed by atoms with van der Waals surface area (Å²) in [4.78, 5) is 0.0180. The number of rotatable bonds is 5. The molecule has 2 rings (SSSR count). The lowest BCUT2D eigenvalue weighted by molar-refractivity contribution is 0.580. The molecule has 1 aromatic heterocycles. The van der Waals surface area contributed by atoms with Crippen LogP contribution in [-0.4, -0.2) is 36.2 Å². The molecular formula is C8H14N4O2S2. The molecule has 0 aromatic carbocycles. The van der Waals surface area contributed by atoms with Crippen molar-refractivity contribution in [3.63, 3.8) is 0 Å². The lowest BCUT2D eigenvalue weighted by Gasteiger charge is -2.12. The van der Waals surface area contributed by atoms with Crippen LogP contribution in [0.25, 0.3) is 0 Å². The van der Waals surface area contributed by atoms with Crippen molar-refractivity contribution in [3.8, 4) is 0 Å². The van der Waals surface area contributed by atoms with Crippen molar-refractivity contribution >= 4 is 27.6 Å². The first-order chi connectivity index (χ1) is 7.49. The highest BCUT2D eigenvalue weighted by atomic mass is 32.2. The van der Waals surface area contributed by atoms with Crippen molar-refractivity contribution in [2.75, 3.05) is 18.5 Å². The summed E-state index contributed by atoms with van der Waals surface area (Å²) in [7, 11) is -3.53. The molecule has 4 N–H and O–H groups in total. The number of aromatic amines is 1. The molecule has 1 heterocycles. The number of anilines is 1. The van der Waals surface area contributed by atoms with E-state index < -0.39 is 10.0 Å². The van der Waals surface area contributed by atoms with Gasteiger partial charge in [-0.1, -0.05) is 0 Å². The fraction of sp³-hybridized carbons (Fsp3) is 0.625. The number of H-pyrrole nitrogens is 1. The van der Waals surface area contributed by atoms with Gasteiger partial charge in [-0.2, -0.15) is 16.9 Å².